The molecule has 0 spiro atoms. The summed E-state index contributed by atoms with van der Waals surface area (Å²) in [6.07, 6.45) is 5.59. The Morgan fingerprint density at radius 2 is 1.96 bits per heavy atom. The van der Waals surface area contributed by atoms with Gasteiger partial charge in [0.15, 0.2) is 0 Å². The third kappa shape index (κ3) is 2.75. The molecule has 1 saturated heterocycles. The summed E-state index contributed by atoms with van der Waals surface area (Å²) in [6.45, 7) is 0.825. The normalized spacial score (nSPS) is 17.2. The molecule has 2 aromatic rings. The first kappa shape index (κ1) is 15.1. The molecule has 1 aromatic heterocycles. The minimum Gasteiger partial charge on any atom is -0.333 e. The molecule has 2 amide bonds. The van der Waals surface area contributed by atoms with Gasteiger partial charge in [0.2, 0.25) is 11.8 Å². The maximum Gasteiger partial charge on any atom is 0.244 e. The van der Waals surface area contributed by atoms with Crippen molar-refractivity contribution in [2.75, 3.05) is 18.4 Å². The van der Waals surface area contributed by atoms with Gasteiger partial charge in [-0.2, -0.15) is 0 Å². The fraction of sp³-hybridized carbons (Fsp3) is 0.421. The highest BCUT2D eigenvalue weighted by Gasteiger charge is 2.24. The Kier molecular flexibility index (Phi) is 3.92. The first-order valence-corrected chi connectivity index (χ1v) is 8.70. The van der Waals surface area contributed by atoms with Crippen LogP contribution in [0.3, 0.4) is 0 Å². The Balaban J connectivity index is 1.67. The first-order valence-electron chi connectivity index (χ1n) is 8.70. The van der Waals surface area contributed by atoms with Crippen LogP contribution in [0.1, 0.15) is 36.9 Å². The molecular weight excluding hydrogens is 302 g/mol. The highest BCUT2D eigenvalue weighted by Crippen LogP contribution is 2.33. The Bertz CT molecular complexity index is 816. The molecule has 0 bridgehead atoms. The van der Waals surface area contributed by atoms with Crippen molar-refractivity contribution in [1.29, 1.82) is 0 Å². The second-order valence-electron chi connectivity index (χ2n) is 6.60. The van der Waals surface area contributed by atoms with Crippen LogP contribution in [0.2, 0.25) is 0 Å². The van der Waals surface area contributed by atoms with Crippen LogP contribution in [0.15, 0.2) is 24.3 Å². The van der Waals surface area contributed by atoms with E-state index in [1.165, 1.54) is 5.56 Å². The number of nitrogens with one attached hydrogen (secondary N) is 1. The average molecular weight is 323 g/mol. The average Bonchev–Trinajstić information content (AvgIpc) is 2.99. The van der Waals surface area contributed by atoms with E-state index in [9.17, 15) is 9.59 Å². The predicted molar refractivity (Wildman–Crippen MR) is 92.8 cm³/mol. The Morgan fingerprint density at radius 1 is 1.12 bits per heavy atom. The highest BCUT2D eigenvalue weighted by atomic mass is 16.2. The van der Waals surface area contributed by atoms with Crippen molar-refractivity contribution in [3.63, 3.8) is 0 Å². The summed E-state index contributed by atoms with van der Waals surface area (Å²) in [5.41, 5.74) is 4.09. The second kappa shape index (κ2) is 6.23. The van der Waals surface area contributed by atoms with E-state index < -0.39 is 0 Å². The fourth-order valence-electron chi connectivity index (χ4n) is 3.74. The predicted octanol–water partition coefficient (Wildman–Crippen LogP) is 2.67. The lowest BCUT2D eigenvalue weighted by atomic mass is 9.92. The van der Waals surface area contributed by atoms with E-state index >= 15 is 0 Å². The van der Waals surface area contributed by atoms with Gasteiger partial charge in [-0.05, 0) is 43.7 Å². The van der Waals surface area contributed by atoms with Crippen LogP contribution in [-0.4, -0.2) is 34.8 Å². The van der Waals surface area contributed by atoms with E-state index in [1.807, 2.05) is 24.3 Å². The van der Waals surface area contributed by atoms with Gasteiger partial charge in [0.1, 0.15) is 0 Å². The summed E-state index contributed by atoms with van der Waals surface area (Å²) in [7, 11) is 0. The van der Waals surface area contributed by atoms with E-state index in [2.05, 4.69) is 5.32 Å². The maximum absolute atomic E-state index is 12.5. The zero-order chi connectivity index (χ0) is 16.5. The number of anilines is 1. The van der Waals surface area contributed by atoms with Crippen LogP contribution < -0.4 is 5.32 Å². The molecule has 2 heterocycles. The van der Waals surface area contributed by atoms with E-state index in [1.54, 1.807) is 4.90 Å². The van der Waals surface area contributed by atoms with Gasteiger partial charge in [-0.25, -0.2) is 0 Å². The van der Waals surface area contributed by atoms with Gasteiger partial charge in [-0.1, -0.05) is 18.2 Å². The third-order valence-corrected chi connectivity index (χ3v) is 4.94. The molecule has 1 fully saturated rings. The standard InChI is InChI=1S/C19H21N3O2/c23-17(12-22-11-5-10-18(22)24)21-19-13-6-1-3-8-15(13)20-16-9-4-2-7-14(16)19/h1,3,6,8H,2,4-5,7,9-12H2,(H,20,21,23). The monoisotopic (exact) mass is 323 g/mol. The maximum atomic E-state index is 12.5. The van der Waals surface area contributed by atoms with Crippen LogP contribution in [-0.2, 0) is 22.4 Å². The number of hydrogen-bond donors (Lipinski definition) is 1. The van der Waals surface area contributed by atoms with Crippen molar-refractivity contribution < 1.29 is 9.59 Å². The van der Waals surface area contributed by atoms with Gasteiger partial charge in [0, 0.05) is 24.0 Å². The SMILES string of the molecule is O=C(CN1CCCC1=O)Nc1c2c(nc3ccccc13)CCCC2. The molecule has 24 heavy (non-hydrogen) atoms. The van der Waals surface area contributed by atoms with Crippen molar-refractivity contribution >= 4 is 28.4 Å². The smallest absolute Gasteiger partial charge is 0.244 e. The zero-order valence-electron chi connectivity index (χ0n) is 13.7. The van der Waals surface area contributed by atoms with Crippen molar-refractivity contribution in [2.24, 2.45) is 0 Å². The van der Waals surface area contributed by atoms with Crippen LogP contribution in [0.25, 0.3) is 10.9 Å². The van der Waals surface area contributed by atoms with Gasteiger partial charge in [0.25, 0.3) is 0 Å². The van der Waals surface area contributed by atoms with E-state index in [-0.39, 0.29) is 18.4 Å². The number of aryl methyl sites for hydroxylation is 1. The molecule has 1 N–H and O–H groups in total. The number of hydrogen-bond acceptors (Lipinski definition) is 3. The number of aromatic nitrogens is 1. The number of likely N-dealkylation sites (tertiary alicyclic amines) is 1. The molecule has 4 rings (SSSR count). The zero-order valence-corrected chi connectivity index (χ0v) is 13.7. The Morgan fingerprint density at radius 3 is 2.79 bits per heavy atom. The summed E-state index contributed by atoms with van der Waals surface area (Å²) >= 11 is 0. The molecule has 1 aromatic carbocycles. The van der Waals surface area contributed by atoms with Gasteiger partial charge in [0.05, 0.1) is 17.7 Å². The molecule has 1 aliphatic heterocycles. The Labute approximate surface area is 141 Å². The number of fused-ring (bicyclic) bond motifs is 2. The minimum absolute atomic E-state index is 0.0757. The number of benzene rings is 1. The summed E-state index contributed by atoms with van der Waals surface area (Å²) in [6, 6.07) is 7.94. The lowest BCUT2D eigenvalue weighted by Gasteiger charge is -2.22. The molecule has 0 atom stereocenters. The number of para-hydroxylation sites is 1. The summed E-state index contributed by atoms with van der Waals surface area (Å²) in [5, 5.41) is 4.07. The summed E-state index contributed by atoms with van der Waals surface area (Å²) in [4.78, 5) is 30.7. The first-order chi connectivity index (χ1) is 11.7. The number of carbonyl (C=O) groups excluding carboxylic acids is 2. The van der Waals surface area contributed by atoms with Gasteiger partial charge >= 0.3 is 0 Å². The van der Waals surface area contributed by atoms with Gasteiger partial charge < -0.3 is 10.2 Å². The quantitative estimate of drug-likeness (QED) is 0.944. The third-order valence-electron chi connectivity index (χ3n) is 4.94. The molecule has 0 unspecified atom stereocenters. The van der Waals surface area contributed by atoms with Crippen LogP contribution in [0, 0.1) is 0 Å². The number of carbonyl (C=O) groups is 2. The molecule has 1 aliphatic carbocycles. The number of rotatable bonds is 3. The van der Waals surface area contributed by atoms with Crippen LogP contribution in [0.5, 0.6) is 0 Å². The summed E-state index contributed by atoms with van der Waals surface area (Å²) in [5.74, 6) is -0.0406. The molecule has 0 saturated carbocycles. The molecule has 0 radical (unpaired) electrons. The molecule has 5 heteroatoms. The van der Waals surface area contributed by atoms with Crippen molar-refractivity contribution in [2.45, 2.75) is 38.5 Å². The molecule has 2 aliphatic rings. The van der Waals surface area contributed by atoms with E-state index in [4.69, 9.17) is 4.98 Å². The van der Waals surface area contributed by atoms with Crippen LogP contribution in [0.4, 0.5) is 5.69 Å². The number of pyridine rings is 1. The number of nitrogens with zero attached hydrogens (tertiary/aromatic N) is 2. The van der Waals surface area contributed by atoms with Crippen molar-refractivity contribution in [3.8, 4) is 0 Å². The van der Waals surface area contributed by atoms with Crippen molar-refractivity contribution in [3.05, 3.63) is 35.5 Å². The van der Waals surface area contributed by atoms with Crippen LogP contribution >= 0.6 is 0 Å². The fourth-order valence-corrected chi connectivity index (χ4v) is 3.74. The topological polar surface area (TPSA) is 62.3 Å². The van der Waals surface area contributed by atoms with Gasteiger partial charge in [-0.3, -0.25) is 14.6 Å². The lowest BCUT2D eigenvalue weighted by molar-refractivity contribution is -0.131. The summed E-state index contributed by atoms with van der Waals surface area (Å²) < 4.78 is 0. The van der Waals surface area contributed by atoms with Crippen molar-refractivity contribution in [1.82, 2.24) is 9.88 Å². The number of amides is 2. The highest BCUT2D eigenvalue weighted by molar-refractivity contribution is 6.04. The largest absolute Gasteiger partial charge is 0.333 e. The van der Waals surface area contributed by atoms with E-state index in [0.717, 1.165) is 54.4 Å². The molecular formula is C19H21N3O2. The lowest BCUT2D eigenvalue weighted by Crippen LogP contribution is -2.34. The molecule has 124 valence electrons. The molecule has 5 nitrogen and oxygen atoms in total. The van der Waals surface area contributed by atoms with E-state index in [0.29, 0.717) is 13.0 Å². The second-order valence-corrected chi connectivity index (χ2v) is 6.60. The Hall–Kier alpha value is -2.43. The minimum atomic E-state index is -0.116. The van der Waals surface area contributed by atoms with Gasteiger partial charge in [-0.15, -0.1) is 0 Å².